The van der Waals surface area contributed by atoms with Gasteiger partial charge in [0.05, 0.1) is 6.26 Å². The maximum absolute atomic E-state index is 14.2. The van der Waals surface area contributed by atoms with Crippen molar-refractivity contribution >= 4 is 21.6 Å². The Bertz CT molecular complexity index is 939. The third-order valence-electron chi connectivity index (χ3n) is 7.36. The predicted molar refractivity (Wildman–Crippen MR) is 124 cm³/mol. The highest BCUT2D eigenvalue weighted by Gasteiger charge is 2.37. The van der Waals surface area contributed by atoms with Crippen LogP contribution in [0.1, 0.15) is 50.2 Å². The molecule has 1 aliphatic carbocycles. The van der Waals surface area contributed by atoms with Crippen molar-refractivity contribution in [1.29, 1.82) is 0 Å². The summed E-state index contributed by atoms with van der Waals surface area (Å²) in [6, 6.07) is 3.24. The molecule has 2 fully saturated rings. The van der Waals surface area contributed by atoms with Crippen molar-refractivity contribution in [3.8, 4) is 0 Å². The van der Waals surface area contributed by atoms with E-state index in [0.29, 0.717) is 24.6 Å². The highest BCUT2D eigenvalue weighted by molar-refractivity contribution is 7.88. The van der Waals surface area contributed by atoms with Crippen LogP contribution < -0.4 is 10.6 Å². The van der Waals surface area contributed by atoms with Crippen LogP contribution in [0.3, 0.4) is 0 Å². The first-order valence-corrected chi connectivity index (χ1v) is 13.6. The number of carbonyl (C=O) groups is 1. The summed E-state index contributed by atoms with van der Waals surface area (Å²) in [5, 5.41) is 6.41. The van der Waals surface area contributed by atoms with Gasteiger partial charge in [0.25, 0.3) is 0 Å². The van der Waals surface area contributed by atoms with Gasteiger partial charge in [0.15, 0.2) is 0 Å². The predicted octanol–water partition coefficient (Wildman–Crippen LogP) is 2.25. The first-order valence-electron chi connectivity index (χ1n) is 11.7. The van der Waals surface area contributed by atoms with E-state index in [1.807, 2.05) is 13.8 Å². The second-order valence-electron chi connectivity index (χ2n) is 9.55. The average molecular weight is 467 g/mol. The van der Waals surface area contributed by atoms with E-state index in [4.69, 9.17) is 0 Å². The maximum atomic E-state index is 14.2. The molecule has 0 aromatic heterocycles. The Labute approximate surface area is 190 Å². The summed E-state index contributed by atoms with van der Waals surface area (Å²) in [7, 11) is -3.20. The van der Waals surface area contributed by atoms with E-state index in [1.165, 1.54) is 12.3 Å². The lowest BCUT2D eigenvalue weighted by molar-refractivity contribution is -0.122. The van der Waals surface area contributed by atoms with Crippen LogP contribution in [0.15, 0.2) is 12.1 Å². The van der Waals surface area contributed by atoms with Crippen molar-refractivity contribution in [2.24, 2.45) is 0 Å². The molecule has 2 unspecified atom stereocenters. The van der Waals surface area contributed by atoms with E-state index < -0.39 is 16.1 Å². The van der Waals surface area contributed by atoms with E-state index in [0.717, 1.165) is 56.4 Å². The lowest BCUT2D eigenvalue weighted by Crippen LogP contribution is -2.49. The number of nitrogens with zero attached hydrogens (tertiary/aromatic N) is 2. The molecule has 1 amide bonds. The number of likely N-dealkylation sites (N-methyl/N-ethyl adjacent to an activating group) is 1. The molecule has 4 atom stereocenters. The van der Waals surface area contributed by atoms with E-state index in [9.17, 15) is 17.6 Å². The Morgan fingerprint density at radius 2 is 2.09 bits per heavy atom. The second-order valence-corrected chi connectivity index (χ2v) is 11.5. The fourth-order valence-corrected chi connectivity index (χ4v) is 6.94. The number of anilines is 1. The molecule has 4 rings (SSSR count). The topological polar surface area (TPSA) is 81.8 Å². The smallest absolute Gasteiger partial charge is 0.243 e. The van der Waals surface area contributed by atoms with Gasteiger partial charge in [0.1, 0.15) is 11.9 Å². The Kier molecular flexibility index (Phi) is 6.79. The van der Waals surface area contributed by atoms with Gasteiger partial charge >= 0.3 is 0 Å². The molecule has 7 nitrogen and oxygen atoms in total. The Morgan fingerprint density at radius 3 is 2.78 bits per heavy atom. The van der Waals surface area contributed by atoms with Crippen LogP contribution in [0.2, 0.25) is 0 Å². The van der Waals surface area contributed by atoms with Crippen molar-refractivity contribution < 1.29 is 17.6 Å². The SMILES string of the molecule is CCN([C@H]1CCN(C2CCC[C@@H](NC(=O)C3Cc4c(F)ccc(C)c4N3)C2)C1)S(C)(=O)=O. The molecule has 2 heterocycles. The Balaban J connectivity index is 1.33. The molecule has 178 valence electrons. The number of sulfonamides is 1. The standard InChI is InChI=1S/C23H35FN4O3S/c1-4-28(32(3,30)31)18-10-11-27(14-18)17-7-5-6-16(12-17)25-23(29)21-13-19-20(24)9-8-15(2)22(19)26-21/h8-9,16-18,21,26H,4-7,10-14H2,1-3H3,(H,25,29)/t16-,17?,18+,21?/m1/s1. The largest absolute Gasteiger partial charge is 0.373 e. The molecule has 1 saturated carbocycles. The van der Waals surface area contributed by atoms with Crippen molar-refractivity contribution in [2.45, 2.75) is 76.5 Å². The van der Waals surface area contributed by atoms with Crippen molar-refractivity contribution in [1.82, 2.24) is 14.5 Å². The van der Waals surface area contributed by atoms with E-state index in [-0.39, 0.29) is 23.8 Å². The van der Waals surface area contributed by atoms with Crippen molar-refractivity contribution in [2.75, 3.05) is 31.2 Å². The van der Waals surface area contributed by atoms with Crippen LogP contribution in [-0.2, 0) is 21.2 Å². The third-order valence-corrected chi connectivity index (χ3v) is 8.76. The zero-order chi connectivity index (χ0) is 23.0. The van der Waals surface area contributed by atoms with Crippen LogP contribution in [0.5, 0.6) is 0 Å². The molecule has 1 aromatic rings. The van der Waals surface area contributed by atoms with Gasteiger partial charge in [-0.1, -0.05) is 13.0 Å². The van der Waals surface area contributed by atoms with E-state index in [2.05, 4.69) is 15.5 Å². The van der Waals surface area contributed by atoms with Gasteiger partial charge in [-0.05, 0) is 50.7 Å². The molecule has 2 aliphatic heterocycles. The van der Waals surface area contributed by atoms with Crippen molar-refractivity contribution in [3.63, 3.8) is 0 Å². The number of carbonyl (C=O) groups excluding carboxylic acids is 1. The Hall–Kier alpha value is -1.71. The molecular formula is C23H35FN4O3S. The highest BCUT2D eigenvalue weighted by Crippen LogP contribution is 2.32. The molecule has 1 aromatic carbocycles. The zero-order valence-corrected chi connectivity index (χ0v) is 20.0. The maximum Gasteiger partial charge on any atom is 0.243 e. The first-order chi connectivity index (χ1) is 15.2. The van der Waals surface area contributed by atoms with Gasteiger partial charge < -0.3 is 10.6 Å². The summed E-state index contributed by atoms with van der Waals surface area (Å²) in [5.74, 6) is -0.330. The monoisotopic (exact) mass is 466 g/mol. The molecular weight excluding hydrogens is 431 g/mol. The lowest BCUT2D eigenvalue weighted by Gasteiger charge is -2.36. The van der Waals surface area contributed by atoms with Crippen LogP contribution in [0.4, 0.5) is 10.1 Å². The summed E-state index contributed by atoms with van der Waals surface area (Å²) in [4.78, 5) is 15.3. The van der Waals surface area contributed by atoms with Gasteiger partial charge in [-0.3, -0.25) is 9.69 Å². The number of hydrogen-bond donors (Lipinski definition) is 2. The molecule has 0 radical (unpaired) electrons. The van der Waals surface area contributed by atoms with Crippen LogP contribution in [-0.4, -0.2) is 73.6 Å². The average Bonchev–Trinajstić information content (AvgIpc) is 3.39. The number of amides is 1. The molecule has 0 spiro atoms. The van der Waals surface area contributed by atoms with Gasteiger partial charge in [-0.15, -0.1) is 0 Å². The van der Waals surface area contributed by atoms with E-state index >= 15 is 0 Å². The van der Waals surface area contributed by atoms with Crippen LogP contribution in [0, 0.1) is 12.7 Å². The number of likely N-dealkylation sites (tertiary alicyclic amines) is 1. The Morgan fingerprint density at radius 1 is 1.31 bits per heavy atom. The van der Waals surface area contributed by atoms with Gasteiger partial charge in [-0.25, -0.2) is 12.8 Å². The fraction of sp³-hybridized carbons (Fsp3) is 0.696. The van der Waals surface area contributed by atoms with Gasteiger partial charge in [-0.2, -0.15) is 4.31 Å². The van der Waals surface area contributed by atoms with E-state index in [1.54, 1.807) is 10.4 Å². The normalized spacial score (nSPS) is 28.5. The summed E-state index contributed by atoms with van der Waals surface area (Å²) in [5.41, 5.74) is 2.30. The number of halogens is 1. The lowest BCUT2D eigenvalue weighted by atomic mass is 9.89. The first kappa shape index (κ1) is 23.4. The molecule has 9 heteroatoms. The number of hydrogen-bond acceptors (Lipinski definition) is 5. The number of benzene rings is 1. The minimum Gasteiger partial charge on any atom is -0.373 e. The van der Waals surface area contributed by atoms with Crippen LogP contribution in [0.25, 0.3) is 0 Å². The molecule has 0 bridgehead atoms. The molecule has 3 aliphatic rings. The number of fused-ring (bicyclic) bond motifs is 1. The molecule has 1 saturated heterocycles. The minimum atomic E-state index is -3.20. The summed E-state index contributed by atoms with van der Waals surface area (Å²) in [6.07, 6.45) is 6.43. The van der Waals surface area contributed by atoms with Crippen LogP contribution >= 0.6 is 0 Å². The summed E-state index contributed by atoms with van der Waals surface area (Å²) in [6.45, 7) is 5.95. The molecule has 32 heavy (non-hydrogen) atoms. The van der Waals surface area contributed by atoms with Gasteiger partial charge in [0, 0.05) is 55.4 Å². The highest BCUT2D eigenvalue weighted by atomic mass is 32.2. The quantitative estimate of drug-likeness (QED) is 0.672. The minimum absolute atomic E-state index is 0.0318. The number of nitrogens with one attached hydrogen (secondary N) is 2. The van der Waals surface area contributed by atoms with Crippen molar-refractivity contribution in [3.05, 3.63) is 29.1 Å². The fourth-order valence-electron chi connectivity index (χ4n) is 5.75. The third kappa shape index (κ3) is 4.79. The number of aryl methyl sites for hydroxylation is 1. The second kappa shape index (κ2) is 9.27. The summed E-state index contributed by atoms with van der Waals surface area (Å²) >= 11 is 0. The zero-order valence-electron chi connectivity index (χ0n) is 19.2. The number of rotatable bonds is 6. The molecule has 2 N–H and O–H groups in total. The summed E-state index contributed by atoms with van der Waals surface area (Å²) < 4.78 is 39.9. The van der Waals surface area contributed by atoms with Gasteiger partial charge in [0.2, 0.25) is 15.9 Å².